The molecule has 0 unspecified atom stereocenters. The SMILES string of the molecule is Cn1cc(-c2cc3c(N4CCN(C(=O)OC5CCC5)CC4)ccnc3[nH]2)cn1. The highest BCUT2D eigenvalue weighted by molar-refractivity contribution is 5.93. The molecule has 28 heavy (non-hydrogen) atoms. The number of aromatic amines is 1. The maximum atomic E-state index is 12.3. The molecule has 0 radical (unpaired) electrons. The van der Waals surface area contributed by atoms with E-state index >= 15 is 0 Å². The number of pyridine rings is 1. The summed E-state index contributed by atoms with van der Waals surface area (Å²) in [6.07, 6.45) is 8.81. The van der Waals surface area contributed by atoms with Gasteiger partial charge in [0.1, 0.15) is 11.8 Å². The minimum Gasteiger partial charge on any atom is -0.446 e. The molecule has 1 N–H and O–H groups in total. The second-order valence-corrected chi connectivity index (χ2v) is 7.59. The number of ether oxygens (including phenoxy) is 1. The molecule has 8 nitrogen and oxygen atoms in total. The first kappa shape index (κ1) is 17.1. The fourth-order valence-electron chi connectivity index (χ4n) is 3.84. The van der Waals surface area contributed by atoms with E-state index in [0.717, 1.165) is 53.9 Å². The Kier molecular flexibility index (Phi) is 4.18. The molecule has 1 saturated carbocycles. The highest BCUT2D eigenvalue weighted by Crippen LogP contribution is 2.31. The molecule has 1 amide bonds. The van der Waals surface area contributed by atoms with Crippen molar-refractivity contribution in [1.82, 2.24) is 24.6 Å². The number of hydrogen-bond donors (Lipinski definition) is 1. The quantitative estimate of drug-likeness (QED) is 0.756. The van der Waals surface area contributed by atoms with E-state index in [0.29, 0.717) is 13.1 Å². The third-order valence-corrected chi connectivity index (χ3v) is 5.72. The summed E-state index contributed by atoms with van der Waals surface area (Å²) in [6.45, 7) is 2.92. The fraction of sp³-hybridized carbons (Fsp3) is 0.450. The van der Waals surface area contributed by atoms with Gasteiger partial charge >= 0.3 is 6.09 Å². The first-order chi connectivity index (χ1) is 13.7. The molecule has 0 bridgehead atoms. The minimum absolute atomic E-state index is 0.135. The molecule has 0 atom stereocenters. The topological polar surface area (TPSA) is 79.3 Å². The number of aromatic nitrogens is 4. The number of hydrogen-bond acceptors (Lipinski definition) is 5. The fourth-order valence-corrected chi connectivity index (χ4v) is 3.84. The lowest BCUT2D eigenvalue weighted by atomic mass is 9.96. The number of H-pyrrole nitrogens is 1. The molecule has 1 saturated heterocycles. The molecule has 3 aromatic heterocycles. The summed E-state index contributed by atoms with van der Waals surface area (Å²) in [6, 6.07) is 4.18. The van der Waals surface area contributed by atoms with Gasteiger partial charge in [-0.25, -0.2) is 9.78 Å². The number of carbonyl (C=O) groups is 1. The number of amides is 1. The van der Waals surface area contributed by atoms with Gasteiger partial charge in [0.05, 0.1) is 11.9 Å². The normalized spacial score (nSPS) is 17.8. The Balaban J connectivity index is 1.32. The van der Waals surface area contributed by atoms with Crippen LogP contribution in [0.3, 0.4) is 0 Å². The second-order valence-electron chi connectivity index (χ2n) is 7.59. The minimum atomic E-state index is -0.162. The van der Waals surface area contributed by atoms with E-state index in [9.17, 15) is 4.79 Å². The Morgan fingerprint density at radius 3 is 2.75 bits per heavy atom. The number of piperazine rings is 1. The zero-order valence-electron chi connectivity index (χ0n) is 16.0. The standard InChI is InChI=1S/C20H24N6O2/c1-24-13-14(12-22-24)17-11-16-18(5-6-21-19(16)23-17)25-7-9-26(10-8-25)20(27)28-15-3-2-4-15/h5-6,11-13,15H,2-4,7-10H2,1H3,(H,21,23). The zero-order chi connectivity index (χ0) is 19.1. The molecule has 2 fully saturated rings. The predicted molar refractivity (Wildman–Crippen MR) is 106 cm³/mol. The number of nitrogens with one attached hydrogen (secondary N) is 1. The van der Waals surface area contributed by atoms with Gasteiger partial charge in [0.15, 0.2) is 0 Å². The van der Waals surface area contributed by atoms with Crippen molar-refractivity contribution in [3.63, 3.8) is 0 Å². The Labute approximate surface area is 163 Å². The van der Waals surface area contributed by atoms with Crippen molar-refractivity contribution >= 4 is 22.8 Å². The number of aryl methyl sites for hydroxylation is 1. The van der Waals surface area contributed by atoms with Crippen molar-refractivity contribution in [2.75, 3.05) is 31.1 Å². The maximum absolute atomic E-state index is 12.3. The highest BCUT2D eigenvalue weighted by atomic mass is 16.6. The third kappa shape index (κ3) is 3.08. The van der Waals surface area contributed by atoms with Gasteiger partial charge in [-0.2, -0.15) is 5.10 Å². The van der Waals surface area contributed by atoms with Gasteiger partial charge in [-0.05, 0) is 31.4 Å². The summed E-state index contributed by atoms with van der Waals surface area (Å²) < 4.78 is 7.33. The summed E-state index contributed by atoms with van der Waals surface area (Å²) in [7, 11) is 1.91. The Hall–Kier alpha value is -3.03. The van der Waals surface area contributed by atoms with E-state index in [1.54, 1.807) is 4.68 Å². The van der Waals surface area contributed by atoms with Crippen LogP contribution in [-0.2, 0) is 11.8 Å². The summed E-state index contributed by atoms with van der Waals surface area (Å²) in [5.41, 5.74) is 4.05. The molecule has 5 rings (SSSR count). The van der Waals surface area contributed by atoms with Gasteiger partial charge in [-0.3, -0.25) is 4.68 Å². The third-order valence-electron chi connectivity index (χ3n) is 5.72. The Morgan fingerprint density at radius 2 is 2.07 bits per heavy atom. The Morgan fingerprint density at radius 1 is 1.25 bits per heavy atom. The van der Waals surface area contributed by atoms with E-state index in [4.69, 9.17) is 4.74 Å². The van der Waals surface area contributed by atoms with Gasteiger partial charge in [0, 0.05) is 62.3 Å². The first-order valence-electron chi connectivity index (χ1n) is 9.84. The smallest absolute Gasteiger partial charge is 0.410 e. The van der Waals surface area contributed by atoms with Gasteiger partial charge in [-0.1, -0.05) is 0 Å². The van der Waals surface area contributed by atoms with Crippen LogP contribution in [0.5, 0.6) is 0 Å². The van der Waals surface area contributed by atoms with Crippen molar-refractivity contribution in [2.24, 2.45) is 7.05 Å². The van der Waals surface area contributed by atoms with Crippen molar-refractivity contribution in [2.45, 2.75) is 25.4 Å². The van der Waals surface area contributed by atoms with Crippen LogP contribution in [0.15, 0.2) is 30.7 Å². The molecule has 146 valence electrons. The average Bonchev–Trinajstić information content (AvgIpc) is 3.30. The average molecular weight is 380 g/mol. The summed E-state index contributed by atoms with van der Waals surface area (Å²) in [5, 5.41) is 5.34. The number of carbonyl (C=O) groups excluding carboxylic acids is 1. The molecule has 2 aliphatic rings. The summed E-state index contributed by atoms with van der Waals surface area (Å²) in [5.74, 6) is 0. The number of nitrogens with zero attached hydrogens (tertiary/aromatic N) is 5. The highest BCUT2D eigenvalue weighted by Gasteiger charge is 2.28. The van der Waals surface area contributed by atoms with Crippen LogP contribution in [-0.4, -0.2) is 63.0 Å². The van der Waals surface area contributed by atoms with Crippen LogP contribution in [0.25, 0.3) is 22.3 Å². The molecule has 0 spiro atoms. The maximum Gasteiger partial charge on any atom is 0.410 e. The first-order valence-corrected chi connectivity index (χ1v) is 9.84. The van der Waals surface area contributed by atoms with E-state index in [1.807, 2.05) is 36.6 Å². The van der Waals surface area contributed by atoms with Crippen molar-refractivity contribution < 1.29 is 9.53 Å². The molecule has 8 heteroatoms. The summed E-state index contributed by atoms with van der Waals surface area (Å²) >= 11 is 0. The van der Waals surface area contributed by atoms with Crippen LogP contribution < -0.4 is 4.90 Å². The predicted octanol–water partition coefficient (Wildman–Crippen LogP) is 2.77. The van der Waals surface area contributed by atoms with Gasteiger partial charge in [0.25, 0.3) is 0 Å². The largest absolute Gasteiger partial charge is 0.446 e. The number of fused-ring (bicyclic) bond motifs is 1. The molecule has 0 aromatic carbocycles. The number of anilines is 1. The second kappa shape index (κ2) is 6.85. The van der Waals surface area contributed by atoms with Crippen molar-refractivity contribution in [1.29, 1.82) is 0 Å². The van der Waals surface area contributed by atoms with Crippen molar-refractivity contribution in [3.05, 3.63) is 30.7 Å². The van der Waals surface area contributed by atoms with E-state index in [1.165, 1.54) is 6.42 Å². The monoisotopic (exact) mass is 380 g/mol. The van der Waals surface area contributed by atoms with E-state index in [-0.39, 0.29) is 12.2 Å². The molecule has 4 heterocycles. The van der Waals surface area contributed by atoms with Crippen molar-refractivity contribution in [3.8, 4) is 11.3 Å². The zero-order valence-corrected chi connectivity index (χ0v) is 16.0. The molecule has 1 aliphatic carbocycles. The van der Waals surface area contributed by atoms with Crippen LogP contribution >= 0.6 is 0 Å². The van der Waals surface area contributed by atoms with Gasteiger partial charge in [0.2, 0.25) is 0 Å². The molecular formula is C20H24N6O2. The molecular weight excluding hydrogens is 356 g/mol. The lowest BCUT2D eigenvalue weighted by molar-refractivity contribution is 0.0260. The van der Waals surface area contributed by atoms with Gasteiger partial charge < -0.3 is 19.5 Å². The van der Waals surface area contributed by atoms with Crippen LogP contribution in [0.1, 0.15) is 19.3 Å². The Bertz CT molecular complexity index is 997. The van der Waals surface area contributed by atoms with Crippen LogP contribution in [0.2, 0.25) is 0 Å². The van der Waals surface area contributed by atoms with E-state index in [2.05, 4.69) is 26.0 Å². The lowest BCUT2D eigenvalue weighted by Crippen LogP contribution is -2.49. The molecule has 3 aromatic rings. The van der Waals surface area contributed by atoms with E-state index < -0.39 is 0 Å². The van der Waals surface area contributed by atoms with Crippen LogP contribution in [0, 0.1) is 0 Å². The summed E-state index contributed by atoms with van der Waals surface area (Å²) in [4.78, 5) is 24.3. The number of rotatable bonds is 3. The van der Waals surface area contributed by atoms with Crippen LogP contribution in [0.4, 0.5) is 10.5 Å². The molecule has 1 aliphatic heterocycles. The lowest BCUT2D eigenvalue weighted by Gasteiger charge is -2.37. The van der Waals surface area contributed by atoms with Gasteiger partial charge in [-0.15, -0.1) is 0 Å².